The molecule has 16 heteroatoms. The summed E-state index contributed by atoms with van der Waals surface area (Å²) in [5.74, 6) is -0.933. The molecule has 0 aliphatic carbocycles. The van der Waals surface area contributed by atoms with E-state index in [9.17, 15) is 35.9 Å². The molecule has 3 aromatic rings. The number of aromatic nitrogens is 3. The van der Waals surface area contributed by atoms with Crippen LogP contribution in [0.2, 0.25) is 0 Å². The van der Waals surface area contributed by atoms with Crippen molar-refractivity contribution in [2.24, 2.45) is 0 Å². The molecule has 2 aromatic heterocycles. The normalized spacial score (nSPS) is 15.1. The first-order valence-corrected chi connectivity index (χ1v) is 12.7. The lowest BCUT2D eigenvalue weighted by Crippen LogP contribution is -2.47. The summed E-state index contributed by atoms with van der Waals surface area (Å²) in [4.78, 5) is 33.9. The first-order valence-electron chi connectivity index (χ1n) is 11.9. The lowest BCUT2D eigenvalue weighted by molar-refractivity contribution is -0.148. The van der Waals surface area contributed by atoms with Crippen LogP contribution in [0.15, 0.2) is 36.7 Å². The minimum Gasteiger partial charge on any atom is -0.349 e. The Morgan fingerprint density at radius 2 is 1.68 bits per heavy atom. The highest BCUT2D eigenvalue weighted by Crippen LogP contribution is 2.30. The van der Waals surface area contributed by atoms with E-state index in [0.29, 0.717) is 36.0 Å². The molecular formula is C24H23F6N7O2S. The van der Waals surface area contributed by atoms with Crippen molar-refractivity contribution >= 4 is 39.9 Å². The molecule has 0 bridgehead atoms. The molecule has 1 aromatic carbocycles. The maximum atomic E-state index is 13.0. The van der Waals surface area contributed by atoms with Gasteiger partial charge in [-0.25, -0.2) is 9.97 Å². The fourth-order valence-electron chi connectivity index (χ4n) is 4.03. The van der Waals surface area contributed by atoms with Crippen LogP contribution in [0.3, 0.4) is 0 Å². The van der Waals surface area contributed by atoms with E-state index in [4.69, 9.17) is 0 Å². The van der Waals surface area contributed by atoms with Crippen molar-refractivity contribution < 1.29 is 35.9 Å². The minimum atomic E-state index is -4.63. The molecule has 9 nitrogen and oxygen atoms in total. The molecule has 214 valence electrons. The number of anilines is 3. The lowest BCUT2D eigenvalue weighted by atomic mass is 10.0. The molecule has 1 saturated heterocycles. The fraction of sp³-hybridized carbons (Fsp3) is 0.375. The third-order valence-electron chi connectivity index (χ3n) is 6.00. The van der Waals surface area contributed by atoms with Crippen LogP contribution in [0.1, 0.15) is 44.9 Å². The van der Waals surface area contributed by atoms with E-state index in [1.807, 2.05) is 0 Å². The van der Waals surface area contributed by atoms with Crippen LogP contribution in [-0.2, 0) is 6.18 Å². The van der Waals surface area contributed by atoms with E-state index in [2.05, 4.69) is 30.3 Å². The summed E-state index contributed by atoms with van der Waals surface area (Å²) >= 11 is 0.922. The van der Waals surface area contributed by atoms with Gasteiger partial charge in [0.15, 0.2) is 5.69 Å². The lowest BCUT2D eigenvalue weighted by Gasteiger charge is -2.32. The van der Waals surface area contributed by atoms with Gasteiger partial charge in [-0.1, -0.05) is 0 Å². The summed E-state index contributed by atoms with van der Waals surface area (Å²) in [6, 6.07) is 5.79. The highest BCUT2D eigenvalue weighted by atomic mass is 32.1. The number of hydrogen-bond acceptors (Lipinski definition) is 8. The number of piperidine rings is 1. The van der Waals surface area contributed by atoms with Crippen molar-refractivity contribution in [2.45, 2.75) is 38.2 Å². The van der Waals surface area contributed by atoms with Crippen molar-refractivity contribution in [3.8, 4) is 0 Å². The summed E-state index contributed by atoms with van der Waals surface area (Å²) < 4.78 is 79.9. The number of carbonyl (C=O) groups is 2. The monoisotopic (exact) mass is 587 g/mol. The number of nitrogens with zero attached hydrogens (tertiary/aromatic N) is 4. The number of aryl methyl sites for hydroxylation is 1. The minimum absolute atomic E-state index is 0.00732. The Kier molecular flexibility index (Phi) is 8.58. The molecule has 1 fully saturated rings. The summed E-state index contributed by atoms with van der Waals surface area (Å²) in [7, 11) is 0. The van der Waals surface area contributed by atoms with Crippen molar-refractivity contribution in [3.63, 3.8) is 0 Å². The van der Waals surface area contributed by atoms with Crippen LogP contribution in [0, 0.1) is 6.92 Å². The molecule has 0 saturated carbocycles. The average molecular weight is 588 g/mol. The van der Waals surface area contributed by atoms with Gasteiger partial charge in [0.25, 0.3) is 11.8 Å². The first-order chi connectivity index (χ1) is 18.8. The van der Waals surface area contributed by atoms with E-state index in [0.717, 1.165) is 17.7 Å². The van der Waals surface area contributed by atoms with Gasteiger partial charge in [0, 0.05) is 30.4 Å². The Bertz CT molecular complexity index is 1340. The van der Waals surface area contributed by atoms with Gasteiger partial charge in [0.1, 0.15) is 10.8 Å². The number of nitrogens with one attached hydrogen (secondary N) is 3. The SMILES string of the molecule is Cc1nsc(Nc2cnc(C(F)(F)F)cn2)c1C(=O)Nc1ccc(C(=O)NC2CCN(CC(F)(F)F)CC2)cc1. The van der Waals surface area contributed by atoms with Crippen LogP contribution in [-0.4, -0.2) is 62.9 Å². The number of hydrogen-bond donors (Lipinski definition) is 3. The maximum Gasteiger partial charge on any atom is 0.434 e. The second-order valence-corrected chi connectivity index (χ2v) is 9.83. The summed E-state index contributed by atoms with van der Waals surface area (Å²) in [6.07, 6.45) is -6.62. The van der Waals surface area contributed by atoms with Crippen LogP contribution >= 0.6 is 11.5 Å². The predicted molar refractivity (Wildman–Crippen MR) is 135 cm³/mol. The van der Waals surface area contributed by atoms with Crippen molar-refractivity contribution in [1.29, 1.82) is 0 Å². The van der Waals surface area contributed by atoms with Gasteiger partial charge >= 0.3 is 12.4 Å². The van der Waals surface area contributed by atoms with Crippen molar-refractivity contribution in [2.75, 3.05) is 30.3 Å². The summed E-state index contributed by atoms with van der Waals surface area (Å²) in [6.45, 7) is 1.09. The molecule has 1 aliphatic heterocycles. The first kappa shape index (κ1) is 29.2. The predicted octanol–water partition coefficient (Wildman–Crippen LogP) is 5.01. The zero-order chi connectivity index (χ0) is 29.1. The van der Waals surface area contributed by atoms with E-state index in [1.165, 1.54) is 29.2 Å². The zero-order valence-corrected chi connectivity index (χ0v) is 21.7. The largest absolute Gasteiger partial charge is 0.434 e. The van der Waals surface area contributed by atoms with Crippen LogP contribution in [0.4, 0.5) is 42.8 Å². The van der Waals surface area contributed by atoms with Gasteiger partial charge in [-0.3, -0.25) is 14.5 Å². The smallest absolute Gasteiger partial charge is 0.349 e. The van der Waals surface area contributed by atoms with Gasteiger partial charge in [0.2, 0.25) is 0 Å². The molecule has 0 unspecified atom stereocenters. The van der Waals surface area contributed by atoms with Gasteiger partial charge in [0.05, 0.1) is 30.2 Å². The highest BCUT2D eigenvalue weighted by Gasteiger charge is 2.34. The van der Waals surface area contributed by atoms with Gasteiger partial charge in [-0.05, 0) is 55.6 Å². The van der Waals surface area contributed by atoms with Gasteiger partial charge < -0.3 is 16.0 Å². The third kappa shape index (κ3) is 7.65. The van der Waals surface area contributed by atoms with Crippen LogP contribution in [0.5, 0.6) is 0 Å². The number of carbonyl (C=O) groups excluding carboxylic acids is 2. The standard InChI is InChI=1S/C24H23F6N7O2S/c1-13-19(22(40-36-13)35-18-11-31-17(10-32-18)24(28,29)30)21(39)34-15-4-2-14(3-5-15)20(38)33-16-6-8-37(9-7-16)12-23(25,26)27/h2-5,10-11,16H,6-9,12H2,1H3,(H,32,35)(H,33,38)(H,34,39). The molecule has 0 radical (unpaired) electrons. The number of amides is 2. The molecule has 3 heterocycles. The van der Waals surface area contributed by atoms with E-state index in [-0.39, 0.29) is 41.4 Å². The Hall–Kier alpha value is -3.79. The van der Waals surface area contributed by atoms with E-state index < -0.39 is 30.5 Å². The van der Waals surface area contributed by atoms with Crippen LogP contribution < -0.4 is 16.0 Å². The maximum absolute atomic E-state index is 13.0. The second kappa shape index (κ2) is 11.8. The Morgan fingerprint density at radius 3 is 2.25 bits per heavy atom. The van der Waals surface area contributed by atoms with Crippen molar-refractivity contribution in [1.82, 2.24) is 24.6 Å². The molecule has 0 atom stereocenters. The molecule has 3 N–H and O–H groups in total. The van der Waals surface area contributed by atoms with E-state index >= 15 is 0 Å². The Morgan fingerprint density at radius 1 is 1.00 bits per heavy atom. The molecule has 2 amide bonds. The Labute approximate surface area is 228 Å². The number of likely N-dealkylation sites (tertiary alicyclic amines) is 1. The number of rotatable bonds is 7. The second-order valence-electron chi connectivity index (χ2n) is 9.05. The Balaban J connectivity index is 1.33. The zero-order valence-electron chi connectivity index (χ0n) is 20.9. The molecule has 4 rings (SSSR count). The third-order valence-corrected chi connectivity index (χ3v) is 6.86. The quantitative estimate of drug-likeness (QED) is 0.333. The summed E-state index contributed by atoms with van der Waals surface area (Å²) in [5.41, 5.74) is 0.0627. The fourth-order valence-corrected chi connectivity index (χ4v) is 4.84. The molecular weight excluding hydrogens is 564 g/mol. The molecule has 0 spiro atoms. The topological polar surface area (TPSA) is 112 Å². The van der Waals surface area contributed by atoms with Crippen molar-refractivity contribution in [3.05, 3.63) is 59.2 Å². The van der Waals surface area contributed by atoms with Gasteiger partial charge in [-0.15, -0.1) is 0 Å². The number of halogens is 6. The molecule has 40 heavy (non-hydrogen) atoms. The molecule has 1 aliphatic rings. The number of benzene rings is 1. The summed E-state index contributed by atoms with van der Waals surface area (Å²) in [5, 5.41) is 8.52. The van der Waals surface area contributed by atoms with E-state index in [1.54, 1.807) is 6.92 Å². The van der Waals surface area contributed by atoms with Crippen LogP contribution in [0.25, 0.3) is 0 Å². The van der Waals surface area contributed by atoms with Gasteiger partial charge in [-0.2, -0.15) is 30.7 Å². The highest BCUT2D eigenvalue weighted by molar-refractivity contribution is 7.10. The average Bonchev–Trinajstić information content (AvgIpc) is 3.24. The number of alkyl halides is 6.